The summed E-state index contributed by atoms with van der Waals surface area (Å²) < 4.78 is 15.6. The third kappa shape index (κ3) is 2.90. The van der Waals surface area contributed by atoms with E-state index in [2.05, 4.69) is 33.3 Å². The number of rotatable bonds is 4. The van der Waals surface area contributed by atoms with Gasteiger partial charge in [-0.1, -0.05) is 13.0 Å². The first-order valence-electron chi connectivity index (χ1n) is 5.80. The van der Waals surface area contributed by atoms with Gasteiger partial charge in [0.1, 0.15) is 5.82 Å². The Labute approximate surface area is 114 Å². The normalized spacial score (nSPS) is 10.7. The van der Waals surface area contributed by atoms with Crippen LogP contribution in [0.2, 0.25) is 0 Å². The van der Waals surface area contributed by atoms with Crippen molar-refractivity contribution in [3.63, 3.8) is 0 Å². The Morgan fingerprint density at radius 1 is 1.44 bits per heavy atom. The van der Waals surface area contributed by atoms with Gasteiger partial charge in [0.05, 0.1) is 15.9 Å². The molecule has 2 aromatic rings. The van der Waals surface area contributed by atoms with Gasteiger partial charge in [0.2, 0.25) is 0 Å². The molecule has 1 heterocycles. The van der Waals surface area contributed by atoms with Crippen LogP contribution in [-0.4, -0.2) is 9.78 Å². The van der Waals surface area contributed by atoms with Crippen LogP contribution in [0.15, 0.2) is 28.9 Å². The van der Waals surface area contributed by atoms with Crippen LogP contribution in [0, 0.1) is 5.82 Å². The van der Waals surface area contributed by atoms with Crippen LogP contribution in [-0.2, 0) is 20.0 Å². The Kier molecular flexibility index (Phi) is 4.01. The van der Waals surface area contributed by atoms with Crippen molar-refractivity contribution in [2.75, 3.05) is 5.32 Å². The molecule has 3 nitrogen and oxygen atoms in total. The molecule has 0 saturated heterocycles. The number of anilines is 1. The first kappa shape index (κ1) is 13.1. The van der Waals surface area contributed by atoms with E-state index in [9.17, 15) is 4.39 Å². The largest absolute Gasteiger partial charge is 0.378 e. The van der Waals surface area contributed by atoms with Crippen LogP contribution in [0.4, 0.5) is 10.1 Å². The second kappa shape index (κ2) is 5.52. The van der Waals surface area contributed by atoms with E-state index in [4.69, 9.17) is 0 Å². The monoisotopic (exact) mass is 311 g/mol. The number of benzene rings is 1. The van der Waals surface area contributed by atoms with E-state index >= 15 is 0 Å². The maximum absolute atomic E-state index is 13.4. The van der Waals surface area contributed by atoms with Crippen LogP contribution in [0.25, 0.3) is 0 Å². The van der Waals surface area contributed by atoms with Gasteiger partial charge in [-0.05, 0) is 40.0 Å². The lowest BCUT2D eigenvalue weighted by atomic mass is 10.2. The third-order valence-electron chi connectivity index (χ3n) is 2.71. The summed E-state index contributed by atoms with van der Waals surface area (Å²) in [5, 5.41) is 7.63. The summed E-state index contributed by atoms with van der Waals surface area (Å²) in [6, 6.07) is 5.14. The maximum atomic E-state index is 13.4. The van der Waals surface area contributed by atoms with Crippen molar-refractivity contribution in [3.8, 4) is 0 Å². The minimum atomic E-state index is -0.240. The molecule has 0 amide bonds. The second-order valence-corrected chi connectivity index (χ2v) is 4.97. The van der Waals surface area contributed by atoms with Crippen molar-refractivity contribution in [2.24, 2.45) is 7.05 Å². The van der Waals surface area contributed by atoms with Crippen molar-refractivity contribution >= 4 is 21.6 Å². The summed E-state index contributed by atoms with van der Waals surface area (Å²) >= 11 is 3.14. The van der Waals surface area contributed by atoms with E-state index in [-0.39, 0.29) is 5.82 Å². The Morgan fingerprint density at radius 3 is 2.89 bits per heavy atom. The molecular weight excluding hydrogens is 297 g/mol. The van der Waals surface area contributed by atoms with Gasteiger partial charge in [-0.15, -0.1) is 0 Å². The molecule has 0 spiro atoms. The van der Waals surface area contributed by atoms with E-state index in [0.717, 1.165) is 23.4 Å². The number of aryl methyl sites for hydroxylation is 2. The fraction of sp³-hybridized carbons (Fsp3) is 0.308. The van der Waals surface area contributed by atoms with E-state index in [1.807, 2.05) is 19.3 Å². The Hall–Kier alpha value is -1.36. The number of hydrogen-bond acceptors (Lipinski definition) is 2. The highest BCUT2D eigenvalue weighted by molar-refractivity contribution is 9.10. The molecule has 1 aromatic heterocycles. The zero-order chi connectivity index (χ0) is 13.1. The Balaban J connectivity index is 2.08. The predicted octanol–water partition coefficient (Wildman–Crippen LogP) is 3.50. The quantitative estimate of drug-likeness (QED) is 0.936. The smallest absolute Gasteiger partial charge is 0.137 e. The van der Waals surface area contributed by atoms with Crippen molar-refractivity contribution in [3.05, 3.63) is 45.9 Å². The van der Waals surface area contributed by atoms with Crippen molar-refractivity contribution in [2.45, 2.75) is 19.9 Å². The lowest BCUT2D eigenvalue weighted by molar-refractivity contribution is 0.619. The van der Waals surface area contributed by atoms with Crippen molar-refractivity contribution in [1.29, 1.82) is 0 Å². The first-order chi connectivity index (χ1) is 8.60. The summed E-state index contributed by atoms with van der Waals surface area (Å²) in [5.74, 6) is -0.240. The van der Waals surface area contributed by atoms with E-state index in [1.54, 1.807) is 10.7 Å². The van der Waals surface area contributed by atoms with Gasteiger partial charge < -0.3 is 5.32 Å². The summed E-state index contributed by atoms with van der Waals surface area (Å²) in [6.45, 7) is 2.65. The molecule has 5 heteroatoms. The van der Waals surface area contributed by atoms with Gasteiger partial charge in [0, 0.05) is 19.8 Å². The molecule has 0 fully saturated rings. The SMILES string of the molecule is CCc1nn(C)cc1NCc1ccc(Br)c(F)c1. The highest BCUT2D eigenvalue weighted by Crippen LogP contribution is 2.18. The molecule has 0 bridgehead atoms. The van der Waals surface area contributed by atoms with Crippen LogP contribution >= 0.6 is 15.9 Å². The number of halogens is 2. The average Bonchev–Trinajstić information content (AvgIpc) is 2.71. The molecule has 96 valence electrons. The fourth-order valence-corrected chi connectivity index (χ4v) is 2.04. The predicted molar refractivity (Wildman–Crippen MR) is 74.0 cm³/mol. The topological polar surface area (TPSA) is 29.9 Å². The molecule has 0 aliphatic carbocycles. The lowest BCUT2D eigenvalue weighted by Gasteiger charge is -2.06. The van der Waals surface area contributed by atoms with Crippen LogP contribution in [0.1, 0.15) is 18.2 Å². The Morgan fingerprint density at radius 2 is 2.22 bits per heavy atom. The summed E-state index contributed by atoms with van der Waals surface area (Å²) in [6.07, 6.45) is 2.81. The van der Waals surface area contributed by atoms with E-state index in [0.29, 0.717) is 11.0 Å². The van der Waals surface area contributed by atoms with Gasteiger partial charge in [-0.2, -0.15) is 5.10 Å². The minimum Gasteiger partial charge on any atom is -0.378 e. The summed E-state index contributed by atoms with van der Waals surface area (Å²) in [7, 11) is 1.89. The summed E-state index contributed by atoms with van der Waals surface area (Å²) in [5.41, 5.74) is 2.93. The maximum Gasteiger partial charge on any atom is 0.137 e. The lowest BCUT2D eigenvalue weighted by Crippen LogP contribution is -2.01. The number of aromatic nitrogens is 2. The fourth-order valence-electron chi connectivity index (χ4n) is 1.79. The van der Waals surface area contributed by atoms with Gasteiger partial charge in [0.25, 0.3) is 0 Å². The first-order valence-corrected chi connectivity index (χ1v) is 6.59. The van der Waals surface area contributed by atoms with Gasteiger partial charge in [-0.25, -0.2) is 4.39 Å². The average molecular weight is 312 g/mol. The molecular formula is C13H15BrFN3. The minimum absolute atomic E-state index is 0.240. The van der Waals surface area contributed by atoms with E-state index in [1.165, 1.54) is 6.07 Å². The summed E-state index contributed by atoms with van der Waals surface area (Å²) in [4.78, 5) is 0. The molecule has 1 aromatic carbocycles. The molecule has 0 saturated carbocycles. The molecule has 0 unspecified atom stereocenters. The van der Waals surface area contributed by atoms with Gasteiger partial charge >= 0.3 is 0 Å². The third-order valence-corrected chi connectivity index (χ3v) is 3.35. The highest BCUT2D eigenvalue weighted by atomic mass is 79.9. The van der Waals surface area contributed by atoms with Crippen LogP contribution in [0.3, 0.4) is 0 Å². The zero-order valence-electron chi connectivity index (χ0n) is 10.4. The van der Waals surface area contributed by atoms with Crippen molar-refractivity contribution in [1.82, 2.24) is 9.78 Å². The number of hydrogen-bond donors (Lipinski definition) is 1. The highest BCUT2D eigenvalue weighted by Gasteiger charge is 2.06. The standard InChI is InChI=1S/C13H15BrFN3/c1-3-12-13(8-18(2)17-12)16-7-9-4-5-10(14)11(15)6-9/h4-6,8,16H,3,7H2,1-2H3. The molecule has 0 radical (unpaired) electrons. The molecule has 18 heavy (non-hydrogen) atoms. The van der Waals surface area contributed by atoms with Gasteiger partial charge in [0.15, 0.2) is 0 Å². The molecule has 0 aliphatic rings. The Bertz CT molecular complexity index is 551. The zero-order valence-corrected chi connectivity index (χ0v) is 12.0. The molecule has 0 atom stereocenters. The van der Waals surface area contributed by atoms with Crippen LogP contribution in [0.5, 0.6) is 0 Å². The molecule has 0 aliphatic heterocycles. The van der Waals surface area contributed by atoms with E-state index < -0.39 is 0 Å². The number of nitrogens with one attached hydrogen (secondary N) is 1. The molecule has 1 N–H and O–H groups in total. The second-order valence-electron chi connectivity index (χ2n) is 4.12. The van der Waals surface area contributed by atoms with Gasteiger partial charge in [-0.3, -0.25) is 4.68 Å². The number of nitrogens with zero attached hydrogens (tertiary/aromatic N) is 2. The van der Waals surface area contributed by atoms with Crippen molar-refractivity contribution < 1.29 is 4.39 Å². The van der Waals surface area contributed by atoms with Crippen LogP contribution < -0.4 is 5.32 Å². The molecule has 2 rings (SSSR count).